The van der Waals surface area contributed by atoms with Gasteiger partial charge >= 0.3 is 7.69 Å². The third-order valence-electron chi connectivity index (χ3n) is 5.51. The first kappa shape index (κ1) is 25.6. The molecule has 4 rings (SSSR count). The van der Waals surface area contributed by atoms with E-state index in [0.717, 1.165) is 18.8 Å². The highest BCUT2D eigenvalue weighted by molar-refractivity contribution is 6.21. The predicted molar refractivity (Wildman–Crippen MR) is 141 cm³/mol. The number of carbonyl (C=O) groups is 2. The fourth-order valence-corrected chi connectivity index (χ4v) is 3.56. The minimum Gasteiger partial charge on any atom is -0.526 e. The van der Waals surface area contributed by atoms with Gasteiger partial charge in [-0.1, -0.05) is 60.7 Å². The van der Waals surface area contributed by atoms with E-state index in [1.807, 2.05) is 60.7 Å². The monoisotopic (exact) mass is 493 g/mol. The number of rotatable bonds is 12. The van der Waals surface area contributed by atoms with Gasteiger partial charge in [0.05, 0.1) is 11.1 Å². The molecular formula is C30H26BO6. The Morgan fingerprint density at radius 3 is 1.38 bits per heavy atom. The van der Waals surface area contributed by atoms with Crippen molar-refractivity contribution in [3.63, 3.8) is 0 Å². The number of ketones is 2. The number of carbonyl (C=O) groups excluding carboxylic acids is 2. The number of Topliss-reactive ketones (excluding diaryl/α,β-unsaturated/α-hetero) is 2. The lowest BCUT2D eigenvalue weighted by Crippen LogP contribution is -2.14. The van der Waals surface area contributed by atoms with Gasteiger partial charge in [-0.2, -0.15) is 0 Å². The van der Waals surface area contributed by atoms with E-state index < -0.39 is 0 Å². The minimum absolute atomic E-state index is 0.182. The van der Waals surface area contributed by atoms with Crippen molar-refractivity contribution >= 4 is 19.3 Å². The molecule has 0 aliphatic rings. The van der Waals surface area contributed by atoms with Gasteiger partial charge < -0.3 is 18.8 Å². The van der Waals surface area contributed by atoms with Crippen LogP contribution < -0.4 is 18.8 Å². The van der Waals surface area contributed by atoms with Crippen LogP contribution >= 0.6 is 0 Å². The van der Waals surface area contributed by atoms with E-state index in [1.165, 1.54) is 13.8 Å². The molecule has 4 aromatic rings. The summed E-state index contributed by atoms with van der Waals surface area (Å²) in [7, 11) is 1.10. The van der Waals surface area contributed by atoms with Crippen molar-refractivity contribution in [1.29, 1.82) is 0 Å². The van der Waals surface area contributed by atoms with E-state index in [2.05, 4.69) is 0 Å². The van der Waals surface area contributed by atoms with Crippen molar-refractivity contribution in [2.75, 3.05) is 0 Å². The lowest BCUT2D eigenvalue weighted by molar-refractivity contribution is 0.100. The van der Waals surface area contributed by atoms with Gasteiger partial charge in [-0.05, 0) is 61.4 Å². The van der Waals surface area contributed by atoms with E-state index in [-0.39, 0.29) is 11.6 Å². The maximum Gasteiger partial charge on any atom is 0.658 e. The average molecular weight is 493 g/mol. The molecule has 185 valence electrons. The van der Waals surface area contributed by atoms with E-state index >= 15 is 0 Å². The summed E-state index contributed by atoms with van der Waals surface area (Å²) >= 11 is 0. The summed E-state index contributed by atoms with van der Waals surface area (Å²) in [6.07, 6.45) is 0. The van der Waals surface area contributed by atoms with Gasteiger partial charge in [0.1, 0.15) is 36.2 Å². The van der Waals surface area contributed by atoms with Crippen molar-refractivity contribution in [3.8, 4) is 23.0 Å². The number of ether oxygens (including phenoxy) is 2. The first-order chi connectivity index (χ1) is 18.0. The van der Waals surface area contributed by atoms with Gasteiger partial charge in [0, 0.05) is 0 Å². The highest BCUT2D eigenvalue weighted by Gasteiger charge is 2.15. The molecule has 0 spiro atoms. The molecule has 0 bridgehead atoms. The molecule has 6 nitrogen and oxygen atoms in total. The van der Waals surface area contributed by atoms with Gasteiger partial charge in [0.2, 0.25) is 0 Å². The molecule has 0 heterocycles. The van der Waals surface area contributed by atoms with Crippen molar-refractivity contribution in [1.82, 2.24) is 0 Å². The van der Waals surface area contributed by atoms with Crippen molar-refractivity contribution in [2.24, 2.45) is 0 Å². The van der Waals surface area contributed by atoms with Crippen molar-refractivity contribution in [3.05, 3.63) is 119 Å². The fourth-order valence-electron chi connectivity index (χ4n) is 3.56. The third kappa shape index (κ3) is 7.24. The quantitative estimate of drug-likeness (QED) is 0.172. The van der Waals surface area contributed by atoms with Crippen LogP contribution in [0.2, 0.25) is 0 Å². The van der Waals surface area contributed by atoms with Crippen LogP contribution in [-0.2, 0) is 13.2 Å². The summed E-state index contributed by atoms with van der Waals surface area (Å²) in [5, 5.41) is 0. The smallest absolute Gasteiger partial charge is 0.526 e. The highest BCUT2D eigenvalue weighted by Crippen LogP contribution is 2.28. The zero-order valence-electron chi connectivity index (χ0n) is 20.7. The van der Waals surface area contributed by atoms with E-state index in [9.17, 15) is 9.59 Å². The Morgan fingerprint density at radius 1 is 0.595 bits per heavy atom. The standard InChI is InChI=1S/C30H26BO6/c1-21(32)27-17-25(34-19-23-9-5-3-6-10-23)13-15-29(27)36-31-37-30-16-14-26(18-28(30)22(2)33)35-20-24-11-7-4-8-12-24/h3-18H,19-20H2,1-2H3. The molecule has 4 aromatic carbocycles. The Hall–Kier alpha value is -4.52. The van der Waals surface area contributed by atoms with Gasteiger partial charge in [0.25, 0.3) is 0 Å². The normalized spacial score (nSPS) is 10.3. The molecular weight excluding hydrogens is 467 g/mol. The van der Waals surface area contributed by atoms with Gasteiger partial charge in [-0.3, -0.25) is 9.59 Å². The van der Waals surface area contributed by atoms with Crippen molar-refractivity contribution < 1.29 is 28.4 Å². The molecule has 0 fully saturated rings. The van der Waals surface area contributed by atoms with Crippen LogP contribution in [0.3, 0.4) is 0 Å². The molecule has 37 heavy (non-hydrogen) atoms. The predicted octanol–water partition coefficient (Wildman–Crippen LogP) is 6.24. The molecule has 0 aromatic heterocycles. The summed E-state index contributed by atoms with van der Waals surface area (Å²) in [6, 6.07) is 29.5. The second kappa shape index (κ2) is 12.4. The highest BCUT2D eigenvalue weighted by atomic mass is 16.6. The number of hydrogen-bond acceptors (Lipinski definition) is 6. The van der Waals surface area contributed by atoms with E-state index in [1.54, 1.807) is 36.4 Å². The Bertz CT molecular complexity index is 1250. The van der Waals surface area contributed by atoms with E-state index in [4.69, 9.17) is 18.8 Å². The first-order valence-electron chi connectivity index (χ1n) is 11.8. The first-order valence-corrected chi connectivity index (χ1v) is 11.8. The molecule has 7 heteroatoms. The van der Waals surface area contributed by atoms with Crippen LogP contribution in [-0.4, -0.2) is 19.3 Å². The minimum atomic E-state index is -0.182. The average Bonchev–Trinajstić information content (AvgIpc) is 2.92. The molecule has 0 amide bonds. The van der Waals surface area contributed by atoms with Crippen molar-refractivity contribution in [2.45, 2.75) is 27.1 Å². The van der Waals surface area contributed by atoms with Gasteiger partial charge in [-0.15, -0.1) is 0 Å². The molecule has 0 N–H and O–H groups in total. The van der Waals surface area contributed by atoms with Gasteiger partial charge in [-0.25, -0.2) is 0 Å². The maximum atomic E-state index is 12.2. The molecule has 0 atom stereocenters. The Labute approximate surface area is 217 Å². The second-order valence-corrected chi connectivity index (χ2v) is 8.31. The fraction of sp³-hybridized carbons (Fsp3) is 0.133. The lowest BCUT2D eigenvalue weighted by atomic mass is 10.1. The Kier molecular flexibility index (Phi) is 8.60. The third-order valence-corrected chi connectivity index (χ3v) is 5.51. The summed E-state index contributed by atoms with van der Waals surface area (Å²) in [4.78, 5) is 24.4. The van der Waals surface area contributed by atoms with Crippen LogP contribution in [0.5, 0.6) is 23.0 Å². The Balaban J connectivity index is 1.38. The number of benzene rings is 4. The van der Waals surface area contributed by atoms with Crippen LogP contribution in [0.25, 0.3) is 0 Å². The van der Waals surface area contributed by atoms with Gasteiger partial charge in [0.15, 0.2) is 11.6 Å². The SMILES string of the molecule is CC(=O)c1cc(OCc2ccccc2)ccc1O[B]Oc1ccc(OCc2ccccc2)cc1C(C)=O. The van der Waals surface area contributed by atoms with E-state index in [0.29, 0.717) is 47.3 Å². The summed E-state index contributed by atoms with van der Waals surface area (Å²) in [5.41, 5.74) is 2.74. The van der Waals surface area contributed by atoms with Crippen LogP contribution in [0.4, 0.5) is 0 Å². The largest absolute Gasteiger partial charge is 0.658 e. The molecule has 0 saturated carbocycles. The van der Waals surface area contributed by atoms with Crippen LogP contribution in [0.15, 0.2) is 97.1 Å². The Morgan fingerprint density at radius 2 is 1.00 bits per heavy atom. The van der Waals surface area contributed by atoms with Crippen LogP contribution in [0, 0.1) is 0 Å². The molecule has 0 aliphatic heterocycles. The summed E-state index contributed by atoms with van der Waals surface area (Å²) < 4.78 is 22.9. The summed E-state index contributed by atoms with van der Waals surface area (Å²) in [5.74, 6) is 1.36. The zero-order chi connectivity index (χ0) is 26.0. The number of hydrogen-bond donors (Lipinski definition) is 0. The zero-order valence-corrected chi connectivity index (χ0v) is 20.7. The van der Waals surface area contributed by atoms with Crippen LogP contribution in [0.1, 0.15) is 45.7 Å². The summed E-state index contributed by atoms with van der Waals surface area (Å²) in [6.45, 7) is 3.66. The topological polar surface area (TPSA) is 71.1 Å². The lowest BCUT2D eigenvalue weighted by Gasteiger charge is -2.14. The maximum absolute atomic E-state index is 12.2. The molecule has 0 unspecified atom stereocenters. The molecule has 0 saturated heterocycles. The molecule has 0 aliphatic carbocycles. The molecule has 1 radical (unpaired) electrons. The second-order valence-electron chi connectivity index (χ2n) is 8.31.